The molecule has 56 heavy (non-hydrogen) atoms. The van der Waals surface area contributed by atoms with E-state index in [4.69, 9.17) is 0 Å². The van der Waals surface area contributed by atoms with Crippen molar-refractivity contribution in [2.75, 3.05) is 11.4 Å². The van der Waals surface area contributed by atoms with E-state index < -0.39 is 11.6 Å². The zero-order valence-corrected chi connectivity index (χ0v) is 30.8. The average Bonchev–Trinajstić information content (AvgIpc) is 4.04. The summed E-state index contributed by atoms with van der Waals surface area (Å²) in [5, 5.41) is 31.8. The fourth-order valence-corrected chi connectivity index (χ4v) is 16.3. The molecule has 12 aromatic carbocycles. The van der Waals surface area contributed by atoms with Crippen LogP contribution in [0, 0.1) is 17.0 Å². The van der Waals surface area contributed by atoms with Crippen LogP contribution in [0.4, 0.5) is 14.5 Å². The van der Waals surface area contributed by atoms with Crippen LogP contribution in [0.5, 0.6) is 0 Å². The molecule has 0 bridgehead atoms. The van der Waals surface area contributed by atoms with Crippen molar-refractivity contribution in [3.8, 4) is 0 Å². The van der Waals surface area contributed by atoms with Crippen LogP contribution in [-0.4, -0.2) is 12.6 Å². The SMILES string of the molecule is CCCCCCC1N(c2c(F)cccc2F)CC2c3cc4c5c6c(cc7c8c6c6c9c%10c(c3c59)C3c5c(cc9cc%11cc(c%12c%11c%11c9c5c%10c%11c6c%128)C7)=CC231)C4. The topological polar surface area (TPSA) is 3.24 Å². The Morgan fingerprint density at radius 3 is 1.96 bits per heavy atom. The van der Waals surface area contributed by atoms with Crippen molar-refractivity contribution in [3.05, 3.63) is 104 Å². The summed E-state index contributed by atoms with van der Waals surface area (Å²) >= 11 is 0. The number of fused-ring (bicyclic) bond motifs is 1. The lowest BCUT2D eigenvalue weighted by Crippen LogP contribution is -2.44. The zero-order chi connectivity index (χ0) is 35.7. The first-order chi connectivity index (χ1) is 27.6. The van der Waals surface area contributed by atoms with Crippen LogP contribution in [0.1, 0.15) is 89.8 Å². The quantitative estimate of drug-likeness (QED) is 0.122. The Morgan fingerprint density at radius 2 is 1.18 bits per heavy atom. The van der Waals surface area contributed by atoms with Gasteiger partial charge in [-0.1, -0.05) is 62.9 Å². The first-order valence-corrected chi connectivity index (χ1v) is 21.3. The highest BCUT2D eigenvalue weighted by Crippen LogP contribution is 2.74. The minimum atomic E-state index is -0.431. The maximum absolute atomic E-state index is 16.3. The van der Waals surface area contributed by atoms with Crippen LogP contribution in [-0.2, 0) is 12.8 Å². The van der Waals surface area contributed by atoms with Crippen molar-refractivity contribution in [3.63, 3.8) is 0 Å². The van der Waals surface area contributed by atoms with Crippen molar-refractivity contribution in [1.82, 2.24) is 0 Å². The largest absolute Gasteiger partial charge is 0.362 e. The van der Waals surface area contributed by atoms with E-state index in [0.29, 0.717) is 6.54 Å². The van der Waals surface area contributed by atoms with Crippen LogP contribution in [0.15, 0.2) is 48.5 Å². The van der Waals surface area contributed by atoms with Crippen molar-refractivity contribution in [2.24, 2.45) is 5.41 Å². The lowest BCUT2D eigenvalue weighted by Gasteiger charge is -2.47. The van der Waals surface area contributed by atoms with Crippen LogP contribution >= 0.6 is 0 Å². The molecule has 3 heteroatoms. The van der Waals surface area contributed by atoms with E-state index in [1.807, 2.05) is 0 Å². The van der Waals surface area contributed by atoms with Crippen molar-refractivity contribution >= 4 is 119 Å². The Morgan fingerprint density at radius 1 is 0.589 bits per heavy atom. The normalized spacial score (nSPS) is 23.8. The first kappa shape index (κ1) is 27.1. The molecule has 4 atom stereocenters. The highest BCUT2D eigenvalue weighted by atomic mass is 19.1. The summed E-state index contributed by atoms with van der Waals surface area (Å²) in [5.74, 6) is -0.580. The minimum Gasteiger partial charge on any atom is -0.362 e. The highest BCUT2D eigenvalue weighted by molar-refractivity contribution is 6.62. The average molecular weight is 720 g/mol. The van der Waals surface area contributed by atoms with E-state index in [9.17, 15) is 0 Å². The Hall–Kier alpha value is -5.54. The van der Waals surface area contributed by atoms with Crippen LogP contribution in [0.3, 0.4) is 0 Å². The van der Waals surface area contributed by atoms with E-state index in [0.717, 1.165) is 32.1 Å². The number of unbranched alkanes of at least 4 members (excludes halogenated alkanes) is 3. The van der Waals surface area contributed by atoms with Gasteiger partial charge in [-0.3, -0.25) is 0 Å². The van der Waals surface area contributed by atoms with Gasteiger partial charge in [0.15, 0.2) is 0 Å². The molecule has 0 saturated carbocycles. The molecule has 0 N–H and O–H groups in total. The van der Waals surface area contributed by atoms with Gasteiger partial charge in [-0.2, -0.15) is 0 Å². The molecule has 1 heterocycles. The molecular formula is C53H31F2N. The number of rotatable bonds is 6. The zero-order valence-electron chi connectivity index (χ0n) is 30.8. The standard InChI is InChI=1S/C53H31F2N/c1-2-3-4-5-9-30-53-17-25-15-23-13-20-10-19-11-22-12-21-14-24-16-26(27(53)18-56(30)52-28(54)7-6-8-29(52)55)38-43-34(24)33(21)40-35(22)39-31(19)32(20)41-36(23)42-37(25)51(53)50(38)49-47(42)45(41)44(39)46(40)48(43)49/h6-8,10,12-13,15-17,27,30,51H,2-5,9,11,14,18H2,1H3. The van der Waals surface area contributed by atoms with Gasteiger partial charge in [0, 0.05) is 29.8 Å². The van der Waals surface area contributed by atoms with Gasteiger partial charge in [-0.25, -0.2) is 8.78 Å². The number of hydrogen-bond acceptors (Lipinski definition) is 1. The Kier molecular flexibility index (Phi) is 3.75. The summed E-state index contributed by atoms with van der Waals surface area (Å²) in [6, 6.07) is 17.3. The van der Waals surface area contributed by atoms with E-state index >= 15 is 8.78 Å². The number of anilines is 1. The summed E-state index contributed by atoms with van der Waals surface area (Å²) in [6.45, 7) is 2.90. The van der Waals surface area contributed by atoms with Crippen LogP contribution in [0.25, 0.3) is 114 Å². The molecule has 1 saturated heterocycles. The molecule has 262 valence electrons. The number of halogens is 2. The van der Waals surface area contributed by atoms with Gasteiger partial charge in [0.05, 0.1) is 0 Å². The minimum absolute atomic E-state index is 0.0290. The fraction of sp³-hybridized carbons (Fsp3) is 0.245. The number of nitrogens with zero attached hydrogens (tertiary/aromatic N) is 1. The molecule has 0 aromatic heterocycles. The lowest BCUT2D eigenvalue weighted by molar-refractivity contribution is 0.283. The third-order valence-corrected chi connectivity index (χ3v) is 17.5. The summed E-state index contributed by atoms with van der Waals surface area (Å²) in [6.07, 6.45) is 10.2. The summed E-state index contributed by atoms with van der Waals surface area (Å²) in [5.41, 5.74) is 10.5. The second-order valence-corrected chi connectivity index (χ2v) is 19.3. The van der Waals surface area contributed by atoms with Crippen LogP contribution in [0.2, 0.25) is 0 Å². The van der Waals surface area contributed by atoms with Crippen molar-refractivity contribution < 1.29 is 8.78 Å². The number of hydrogen-bond donors (Lipinski definition) is 0. The maximum Gasteiger partial charge on any atom is 0.149 e. The molecule has 6 aliphatic rings. The van der Waals surface area contributed by atoms with Gasteiger partial charge < -0.3 is 4.90 Å². The fourth-order valence-electron chi connectivity index (χ4n) is 16.3. The van der Waals surface area contributed by atoms with Gasteiger partial charge >= 0.3 is 0 Å². The molecular weight excluding hydrogens is 689 g/mol. The van der Waals surface area contributed by atoms with E-state index in [1.54, 1.807) is 48.7 Å². The Labute approximate surface area is 318 Å². The molecule has 18 rings (SSSR count). The molecule has 1 spiro atoms. The Bertz CT molecular complexity index is 3980. The molecule has 1 fully saturated rings. The molecule has 12 aromatic rings. The monoisotopic (exact) mass is 719 g/mol. The molecule has 5 aliphatic carbocycles. The van der Waals surface area contributed by atoms with E-state index in [-0.39, 0.29) is 29.0 Å². The van der Waals surface area contributed by atoms with Gasteiger partial charge in [-0.15, -0.1) is 0 Å². The summed E-state index contributed by atoms with van der Waals surface area (Å²) in [4.78, 5) is 2.25. The number of benzene rings is 8. The molecule has 4 unspecified atom stereocenters. The van der Waals surface area contributed by atoms with Gasteiger partial charge in [0.2, 0.25) is 0 Å². The lowest BCUT2D eigenvalue weighted by atomic mass is 9.56. The maximum atomic E-state index is 16.3. The van der Waals surface area contributed by atoms with Gasteiger partial charge in [0.1, 0.15) is 17.3 Å². The van der Waals surface area contributed by atoms with E-state index in [1.165, 1.54) is 134 Å². The molecule has 0 radical (unpaired) electrons. The third kappa shape index (κ3) is 2.23. The smallest absolute Gasteiger partial charge is 0.149 e. The predicted molar refractivity (Wildman–Crippen MR) is 227 cm³/mol. The third-order valence-electron chi connectivity index (χ3n) is 17.5. The Balaban J connectivity index is 1.12. The van der Waals surface area contributed by atoms with Gasteiger partial charge in [-0.05, 0) is 195 Å². The molecule has 1 aliphatic heterocycles. The first-order valence-electron chi connectivity index (χ1n) is 21.3. The predicted octanol–water partition coefficient (Wildman–Crippen LogP) is 12.8. The highest BCUT2D eigenvalue weighted by Gasteiger charge is 2.64. The second kappa shape index (κ2) is 7.75. The second-order valence-electron chi connectivity index (χ2n) is 19.3. The summed E-state index contributed by atoms with van der Waals surface area (Å²) < 4.78 is 32.5. The molecule has 1 nitrogen and oxygen atoms in total. The molecule has 0 amide bonds. The van der Waals surface area contributed by atoms with Crippen molar-refractivity contribution in [2.45, 2.75) is 69.7 Å². The van der Waals surface area contributed by atoms with Crippen molar-refractivity contribution in [1.29, 1.82) is 0 Å². The summed E-state index contributed by atoms with van der Waals surface area (Å²) in [7, 11) is 0. The van der Waals surface area contributed by atoms with E-state index in [2.05, 4.69) is 48.2 Å². The van der Waals surface area contributed by atoms with Crippen LogP contribution < -0.4 is 10.1 Å². The van der Waals surface area contributed by atoms with Gasteiger partial charge in [0.25, 0.3) is 0 Å². The number of para-hydroxylation sites is 1.